The molecule has 2 aromatic heterocycles. The van der Waals surface area contributed by atoms with Gasteiger partial charge in [0.25, 0.3) is 20.0 Å². The number of alkyl halides is 12. The van der Waals surface area contributed by atoms with Crippen LogP contribution in [0.1, 0.15) is 156 Å². The van der Waals surface area contributed by atoms with Gasteiger partial charge in [0.1, 0.15) is 39.9 Å². The van der Waals surface area contributed by atoms with Crippen molar-refractivity contribution in [2.24, 2.45) is 23.7 Å². The molecule has 149 heavy (non-hydrogen) atoms. The smallest absolute Gasteiger partial charge is 0.439 e. The highest BCUT2D eigenvalue weighted by Gasteiger charge is 2.84. The van der Waals surface area contributed by atoms with Crippen LogP contribution in [0.5, 0.6) is 11.5 Å². The van der Waals surface area contributed by atoms with Crippen LogP contribution in [-0.2, 0) is 78.4 Å². The van der Waals surface area contributed by atoms with Gasteiger partial charge in [-0.2, -0.15) is 78.1 Å². The molecule has 0 radical (unpaired) electrons. The zero-order valence-electron chi connectivity index (χ0n) is 83.6. The lowest BCUT2D eigenvalue weighted by atomic mass is 9.76. The zero-order chi connectivity index (χ0) is 107. The molecule has 798 valence electrons. The molecule has 4 aliphatic heterocycles. The van der Waals surface area contributed by atoms with E-state index in [-0.39, 0.29) is 82.4 Å². The van der Waals surface area contributed by atoms with Gasteiger partial charge in [0.05, 0.1) is 24.1 Å². The molecule has 35 heteroatoms. The zero-order valence-corrected chi connectivity index (χ0v) is 90.9. The van der Waals surface area contributed by atoms with Gasteiger partial charge >= 0.3 is 53.1 Å². The van der Waals surface area contributed by atoms with Crippen LogP contribution in [0.4, 0.5) is 52.7 Å². The van der Waals surface area contributed by atoms with Gasteiger partial charge in [-0.3, -0.25) is 9.11 Å². The number of fused-ring (bicyclic) bond motifs is 8. The first-order valence-corrected chi connectivity index (χ1v) is 62.8. The molecule has 20 rings (SSSR count). The molecule has 14 aromatic rings. The largest absolute Gasteiger partial charge is 0.493 e. The van der Waals surface area contributed by atoms with E-state index in [1.807, 2.05) is 0 Å². The van der Waals surface area contributed by atoms with Gasteiger partial charge in [-0.05, 0) is 232 Å². The molecule has 6 heterocycles. The van der Waals surface area contributed by atoms with Crippen molar-refractivity contribution in [2.45, 2.75) is 213 Å². The van der Waals surface area contributed by atoms with E-state index in [0.29, 0.717) is 47.5 Å². The minimum absolute atomic E-state index is 0.00741. The predicted octanol–water partition coefficient (Wildman–Crippen LogP) is 31.0. The van der Waals surface area contributed by atoms with Crippen LogP contribution in [0.2, 0.25) is 0 Å². The predicted molar refractivity (Wildman–Crippen MR) is 585 cm³/mol. The summed E-state index contributed by atoms with van der Waals surface area (Å²) >= 11 is 0. The molecule has 4 saturated heterocycles. The standard InChI is InChI=1S/C22H21S.2C18H23OS.C18H15S.C14H11S.2C12H17F6NO5S2/c1-22(2,3)16-12-14-17(15-13-16)23-20-10-6-4-8-18(20)19-9-5-7-11-21(19)23;2*1-2-3-12-19-17-10-11-18(20-13-6-7-14-20)16-9-5-4-8-15(16)17;1-4-10-16(11-5-1)19(17-12-6-2-7-13-17)18-14-8-3-9-15-18;1-2-7-13(8-3-1)15-11-10-12-6-4-5-9-14(12)15;2*13-10(14,12(17,18)26(22,23)24)11(15,16)25(20,21)19-6-5-8-3-1-2-4-9(8)7-19/h4-15H,1-3H3;2*4-5,8-11H,2-3,6-7,12-14H2,1H3;1-15H;1-11H;2*8-9H,1-7H2,(H,22,23,24)/q5*+1;;. The lowest BCUT2D eigenvalue weighted by Gasteiger charge is -2.42. The lowest BCUT2D eigenvalue weighted by molar-refractivity contribution is -0.247. The number of unbranched alkanes of at least 4 members (excludes halogenated alkanes) is 2. The quantitative estimate of drug-likeness (QED) is 0.0238. The van der Waals surface area contributed by atoms with E-state index in [9.17, 15) is 86.4 Å². The summed E-state index contributed by atoms with van der Waals surface area (Å²) in [6, 6.07) is 107. The van der Waals surface area contributed by atoms with Gasteiger partial charge in [0, 0.05) is 113 Å². The van der Waals surface area contributed by atoms with E-state index >= 15 is 0 Å². The third kappa shape index (κ3) is 25.9. The molecule has 14 nitrogen and oxygen atoms in total. The molecule has 5 unspecified atom stereocenters. The van der Waals surface area contributed by atoms with E-state index in [1.165, 1.54) is 143 Å². The summed E-state index contributed by atoms with van der Waals surface area (Å²) in [7, 11) is -25.5. The van der Waals surface area contributed by atoms with Crippen molar-refractivity contribution in [3.05, 3.63) is 308 Å². The summed E-state index contributed by atoms with van der Waals surface area (Å²) in [5.74, 6) is -6.81. The number of halogens is 12. The third-order valence-electron chi connectivity index (χ3n) is 27.8. The number of hydrogen-bond acceptors (Lipinski definition) is 10. The van der Waals surface area contributed by atoms with Crippen molar-refractivity contribution in [1.82, 2.24) is 8.61 Å². The summed E-state index contributed by atoms with van der Waals surface area (Å²) in [5.41, 5.74) is 1.60. The van der Waals surface area contributed by atoms with Crippen molar-refractivity contribution in [3.63, 3.8) is 0 Å². The average Bonchev–Trinajstić information content (AvgIpc) is 1.46. The fourth-order valence-corrected chi connectivity index (χ4v) is 35.0. The van der Waals surface area contributed by atoms with E-state index in [2.05, 4.69) is 337 Å². The maximum Gasteiger partial charge on any atom is 0.439 e. The van der Waals surface area contributed by atoms with Crippen LogP contribution >= 0.6 is 20.9 Å². The Labute approximate surface area is 880 Å². The first-order valence-electron chi connectivity index (χ1n) is 50.2. The highest BCUT2D eigenvalue weighted by Crippen LogP contribution is 2.56. The van der Waals surface area contributed by atoms with Crippen LogP contribution in [0.25, 0.3) is 61.6 Å². The molecule has 12 aromatic carbocycles. The first-order chi connectivity index (χ1) is 70.9. The first kappa shape index (κ1) is 115. The molecule has 0 spiro atoms. The van der Waals surface area contributed by atoms with Gasteiger partial charge in [-0.15, -0.1) is 0 Å². The number of thiophene rings is 2. The minimum Gasteiger partial charge on any atom is -0.493 e. The minimum atomic E-state index is -7.00. The van der Waals surface area contributed by atoms with E-state index in [1.54, 1.807) is 9.79 Å². The van der Waals surface area contributed by atoms with Gasteiger partial charge in [0.15, 0.2) is 48.4 Å². The Bertz CT molecular complexity index is 6890. The summed E-state index contributed by atoms with van der Waals surface area (Å²) < 4.78 is 286. The van der Waals surface area contributed by atoms with Crippen LogP contribution in [0.15, 0.2) is 327 Å². The van der Waals surface area contributed by atoms with Crippen LogP contribution in [0, 0.1) is 23.7 Å². The van der Waals surface area contributed by atoms with Gasteiger partial charge in [-0.1, -0.05) is 244 Å². The molecule has 2 aliphatic carbocycles. The van der Waals surface area contributed by atoms with E-state index in [0.717, 1.165) is 63.2 Å². The Morgan fingerprint density at radius 3 is 1.03 bits per heavy atom. The number of nitrogens with zero attached hydrogens (tertiary/aromatic N) is 2. The van der Waals surface area contributed by atoms with Crippen molar-refractivity contribution >= 4 is 146 Å². The number of sulfonamides is 2. The highest BCUT2D eigenvalue weighted by atomic mass is 32.2. The number of benzene rings is 12. The Kier molecular flexibility index (Phi) is 38.6. The monoisotopic (exact) mass is 2230 g/mol. The number of ether oxygens (including phenoxy) is 2. The molecule has 0 bridgehead atoms. The number of rotatable bonds is 25. The van der Waals surface area contributed by atoms with E-state index in [4.69, 9.17) is 18.6 Å². The number of piperidine rings is 2. The fourth-order valence-electron chi connectivity index (χ4n) is 19.6. The third-order valence-corrected chi connectivity index (χ3v) is 45.1. The molecule has 2 saturated carbocycles. The Morgan fingerprint density at radius 2 is 0.671 bits per heavy atom. The SMILES string of the molecule is CC(C)(C)c1ccc(-[s+]2c3ccccc3c3ccccc32)cc1.CCCCOc1ccc([S+]2CCCC2)c2ccccc12.CCCCOc1ccc([S+]2CCCC2)c2ccccc12.O=S(=O)(O)C(F)(F)C(F)(F)C(F)(F)S(=O)(=O)N1CCC2CCCCC2C1.O=S(=O)(O)C(F)(F)C(F)(F)C(F)(F)S(=O)(=O)N1CCC2CCCCC2C1.c1ccc(-[s+]2ccc3ccccc32)cc1.c1ccc([S+](c2ccccc2)c2ccccc2)cc1. The highest BCUT2D eigenvalue weighted by molar-refractivity contribution is 7.98. The van der Waals surface area contributed by atoms with Crippen LogP contribution in [0.3, 0.4) is 0 Å². The second-order valence-electron chi connectivity index (χ2n) is 38.7. The maximum absolute atomic E-state index is 14.0. The normalized spacial score (nSPS) is 18.2. The van der Waals surface area contributed by atoms with Crippen molar-refractivity contribution in [2.75, 3.05) is 62.4 Å². The average molecular weight is 2230 g/mol. The number of hydrogen-bond donors (Lipinski definition) is 2. The fraction of sp³-hybridized carbons (Fsp3) is 0.386. The lowest BCUT2D eigenvalue weighted by Crippen LogP contribution is -2.64. The topological polar surface area (TPSA) is 202 Å². The van der Waals surface area contributed by atoms with Crippen LogP contribution < -0.4 is 9.47 Å². The molecule has 6 fully saturated rings. The van der Waals surface area contributed by atoms with Gasteiger partial charge in [0.2, 0.25) is 0 Å². The van der Waals surface area contributed by atoms with Crippen molar-refractivity contribution < 1.29 is 105 Å². The Morgan fingerprint density at radius 1 is 0.342 bits per heavy atom. The van der Waals surface area contributed by atoms with E-state index < -0.39 is 99.3 Å². The molecule has 5 atom stereocenters. The van der Waals surface area contributed by atoms with Crippen LogP contribution in [-0.4, -0.2) is 147 Å². The van der Waals surface area contributed by atoms with Gasteiger partial charge < -0.3 is 9.47 Å². The summed E-state index contributed by atoms with van der Waals surface area (Å²) in [6.45, 7) is 10.7. The molecular weight excluding hydrogens is 2110 g/mol. The molecule has 2 N–H and O–H groups in total. The maximum atomic E-state index is 14.0. The second-order valence-corrected chi connectivity index (χ2v) is 55.9. The summed E-state index contributed by atoms with van der Waals surface area (Å²) in [6.07, 6.45) is 16.0. The Balaban J connectivity index is 0.000000138. The Hall–Kier alpha value is -9.21. The molecule has 0 amide bonds. The second kappa shape index (κ2) is 49.9. The molecular formula is C114H127F12N2O12S9+5. The van der Waals surface area contributed by atoms with Crippen molar-refractivity contribution in [3.8, 4) is 21.3 Å². The van der Waals surface area contributed by atoms with Crippen molar-refractivity contribution in [1.29, 1.82) is 0 Å². The summed E-state index contributed by atoms with van der Waals surface area (Å²) in [5, 5.41) is -14.4. The molecule has 6 aliphatic rings. The van der Waals surface area contributed by atoms with Gasteiger partial charge in [-0.25, -0.2) is 16.8 Å². The summed E-state index contributed by atoms with van der Waals surface area (Å²) in [4.78, 5) is 10.0.